The number of para-hydroxylation sites is 1. The molecule has 1 atom stereocenters. The summed E-state index contributed by atoms with van der Waals surface area (Å²) in [6.07, 6.45) is 0.372. The number of aliphatic hydroxyl groups is 1. The highest BCUT2D eigenvalue weighted by Gasteiger charge is 2.15. The summed E-state index contributed by atoms with van der Waals surface area (Å²) in [7, 11) is 0. The number of benzene rings is 2. The van der Waals surface area contributed by atoms with E-state index in [9.17, 15) is 5.11 Å². The molecule has 3 nitrogen and oxygen atoms in total. The minimum absolute atomic E-state index is 0.368. The molecule has 21 heavy (non-hydrogen) atoms. The summed E-state index contributed by atoms with van der Waals surface area (Å²) in [6, 6.07) is 16.4. The molecule has 0 saturated heterocycles. The zero-order valence-corrected chi connectivity index (χ0v) is 12.3. The number of hydrogen-bond donors (Lipinski definition) is 1. The first-order valence-corrected chi connectivity index (χ1v) is 7.51. The Morgan fingerprint density at radius 3 is 2.67 bits per heavy atom. The summed E-state index contributed by atoms with van der Waals surface area (Å²) < 4.78 is 5.80. The Labute approximate surface area is 125 Å². The summed E-state index contributed by atoms with van der Waals surface area (Å²) >= 11 is 0. The molecule has 1 aliphatic heterocycles. The summed E-state index contributed by atoms with van der Waals surface area (Å²) in [6.45, 7) is 4.40. The molecule has 3 rings (SSSR count). The minimum atomic E-state index is -0.368. The number of fused-ring (bicyclic) bond motifs is 1. The molecular weight excluding hydrogens is 262 g/mol. The van der Waals surface area contributed by atoms with Gasteiger partial charge < -0.3 is 14.7 Å². The van der Waals surface area contributed by atoms with Gasteiger partial charge in [-0.1, -0.05) is 37.3 Å². The molecule has 110 valence electrons. The van der Waals surface area contributed by atoms with Crippen LogP contribution in [0.3, 0.4) is 0 Å². The lowest BCUT2D eigenvalue weighted by Gasteiger charge is -2.22. The normalized spacial score (nSPS) is 15.8. The molecule has 0 amide bonds. The lowest BCUT2D eigenvalue weighted by atomic mass is 10.1. The first kappa shape index (κ1) is 14.0. The fourth-order valence-electron chi connectivity index (χ4n) is 2.69. The molecule has 0 saturated carbocycles. The van der Waals surface area contributed by atoms with Crippen LogP contribution in [-0.2, 0) is 6.54 Å². The largest absolute Gasteiger partial charge is 0.491 e. The van der Waals surface area contributed by atoms with Gasteiger partial charge in [0.1, 0.15) is 12.4 Å². The number of anilines is 1. The van der Waals surface area contributed by atoms with Crippen molar-refractivity contribution in [1.82, 2.24) is 0 Å². The molecule has 2 aromatic carbocycles. The van der Waals surface area contributed by atoms with E-state index in [-0.39, 0.29) is 6.10 Å². The number of hydrogen-bond acceptors (Lipinski definition) is 3. The average Bonchev–Trinajstić information content (AvgIpc) is 2.76. The predicted molar refractivity (Wildman–Crippen MR) is 84.7 cm³/mol. The molecule has 0 aromatic heterocycles. The minimum Gasteiger partial charge on any atom is -0.491 e. The molecule has 1 aliphatic rings. The van der Waals surface area contributed by atoms with Crippen LogP contribution in [0.2, 0.25) is 0 Å². The van der Waals surface area contributed by atoms with Crippen LogP contribution in [0.5, 0.6) is 5.75 Å². The molecule has 1 unspecified atom stereocenters. The molecule has 2 aromatic rings. The van der Waals surface area contributed by atoms with Gasteiger partial charge in [0.2, 0.25) is 0 Å². The Bertz CT molecular complexity index is 594. The van der Waals surface area contributed by atoms with E-state index in [1.165, 1.54) is 11.3 Å². The summed E-state index contributed by atoms with van der Waals surface area (Å²) in [5.74, 6) is 0.984. The van der Waals surface area contributed by atoms with Gasteiger partial charge in [-0.2, -0.15) is 0 Å². The van der Waals surface area contributed by atoms with Gasteiger partial charge in [0, 0.05) is 17.8 Å². The van der Waals surface area contributed by atoms with Crippen molar-refractivity contribution in [3.63, 3.8) is 0 Å². The Morgan fingerprint density at radius 1 is 1.14 bits per heavy atom. The standard InChI is InChI=1S/C18H21NO2/c1-2-17(20)14-7-9-16(10-8-14)19-11-12-21-18-6-4-3-5-15(18)13-19/h3-10,17,20H,2,11-13H2,1H3. The second-order valence-corrected chi connectivity index (χ2v) is 5.39. The number of rotatable bonds is 3. The Hall–Kier alpha value is -2.00. The van der Waals surface area contributed by atoms with E-state index in [0.717, 1.165) is 30.8 Å². The maximum atomic E-state index is 9.87. The highest BCUT2D eigenvalue weighted by Crippen LogP contribution is 2.27. The zero-order valence-electron chi connectivity index (χ0n) is 12.3. The van der Waals surface area contributed by atoms with Crippen molar-refractivity contribution in [3.05, 3.63) is 59.7 Å². The van der Waals surface area contributed by atoms with Gasteiger partial charge in [0.25, 0.3) is 0 Å². The van der Waals surface area contributed by atoms with Gasteiger partial charge in [-0.05, 0) is 30.2 Å². The number of ether oxygens (including phenoxy) is 1. The second-order valence-electron chi connectivity index (χ2n) is 5.39. The van der Waals surface area contributed by atoms with Crippen LogP contribution in [0, 0.1) is 0 Å². The molecule has 1 N–H and O–H groups in total. The van der Waals surface area contributed by atoms with Crippen LogP contribution in [0.25, 0.3) is 0 Å². The average molecular weight is 283 g/mol. The van der Waals surface area contributed by atoms with Crippen LogP contribution in [0.1, 0.15) is 30.6 Å². The molecule has 3 heteroatoms. The Balaban J connectivity index is 1.81. The van der Waals surface area contributed by atoms with Crippen molar-refractivity contribution >= 4 is 5.69 Å². The molecule has 0 spiro atoms. The number of aliphatic hydroxyl groups excluding tert-OH is 1. The van der Waals surface area contributed by atoms with E-state index >= 15 is 0 Å². The van der Waals surface area contributed by atoms with Crippen molar-refractivity contribution in [2.24, 2.45) is 0 Å². The molecule has 1 heterocycles. The van der Waals surface area contributed by atoms with E-state index < -0.39 is 0 Å². The van der Waals surface area contributed by atoms with Crippen molar-refractivity contribution in [1.29, 1.82) is 0 Å². The molecule has 0 fully saturated rings. The van der Waals surface area contributed by atoms with E-state index in [2.05, 4.69) is 23.1 Å². The van der Waals surface area contributed by atoms with Crippen molar-refractivity contribution in [3.8, 4) is 5.75 Å². The van der Waals surface area contributed by atoms with E-state index in [0.29, 0.717) is 6.61 Å². The van der Waals surface area contributed by atoms with Crippen LogP contribution in [-0.4, -0.2) is 18.3 Å². The molecule has 0 aliphatic carbocycles. The van der Waals surface area contributed by atoms with Crippen LogP contribution < -0.4 is 9.64 Å². The quantitative estimate of drug-likeness (QED) is 0.935. The summed E-state index contributed by atoms with van der Waals surface area (Å²) in [5.41, 5.74) is 3.36. The third-order valence-electron chi connectivity index (χ3n) is 3.98. The third kappa shape index (κ3) is 3.03. The summed E-state index contributed by atoms with van der Waals surface area (Å²) in [5, 5.41) is 9.87. The van der Waals surface area contributed by atoms with E-state index in [1.54, 1.807) is 0 Å². The van der Waals surface area contributed by atoms with Crippen LogP contribution in [0.4, 0.5) is 5.69 Å². The van der Waals surface area contributed by atoms with Crippen LogP contribution >= 0.6 is 0 Å². The second kappa shape index (κ2) is 6.19. The third-order valence-corrected chi connectivity index (χ3v) is 3.98. The highest BCUT2D eigenvalue weighted by molar-refractivity contribution is 5.50. The molecule has 0 radical (unpaired) electrons. The van der Waals surface area contributed by atoms with Crippen molar-refractivity contribution in [2.75, 3.05) is 18.1 Å². The Morgan fingerprint density at radius 2 is 1.90 bits per heavy atom. The lowest BCUT2D eigenvalue weighted by molar-refractivity contribution is 0.173. The predicted octanol–water partition coefficient (Wildman–Crippen LogP) is 3.53. The van der Waals surface area contributed by atoms with Gasteiger partial charge in [-0.25, -0.2) is 0 Å². The van der Waals surface area contributed by atoms with Crippen molar-refractivity contribution < 1.29 is 9.84 Å². The first-order chi connectivity index (χ1) is 10.3. The summed E-state index contributed by atoms with van der Waals surface area (Å²) in [4.78, 5) is 2.31. The van der Waals surface area contributed by atoms with Gasteiger partial charge in [0.15, 0.2) is 0 Å². The lowest BCUT2D eigenvalue weighted by Crippen LogP contribution is -2.25. The maximum absolute atomic E-state index is 9.87. The SMILES string of the molecule is CCC(O)c1ccc(N2CCOc3ccccc3C2)cc1. The fraction of sp³-hybridized carbons (Fsp3) is 0.333. The van der Waals surface area contributed by atoms with Crippen molar-refractivity contribution in [2.45, 2.75) is 26.0 Å². The monoisotopic (exact) mass is 283 g/mol. The smallest absolute Gasteiger partial charge is 0.124 e. The van der Waals surface area contributed by atoms with Gasteiger partial charge in [-0.15, -0.1) is 0 Å². The Kier molecular flexibility index (Phi) is 4.11. The van der Waals surface area contributed by atoms with Gasteiger partial charge in [0.05, 0.1) is 12.6 Å². The topological polar surface area (TPSA) is 32.7 Å². The van der Waals surface area contributed by atoms with E-state index in [1.807, 2.05) is 37.3 Å². The zero-order chi connectivity index (χ0) is 14.7. The maximum Gasteiger partial charge on any atom is 0.124 e. The first-order valence-electron chi connectivity index (χ1n) is 7.51. The van der Waals surface area contributed by atoms with E-state index in [4.69, 9.17) is 4.74 Å². The van der Waals surface area contributed by atoms with Crippen LogP contribution in [0.15, 0.2) is 48.5 Å². The van der Waals surface area contributed by atoms with Gasteiger partial charge in [-0.3, -0.25) is 0 Å². The molecular formula is C18H21NO2. The molecule has 0 bridgehead atoms. The fourth-order valence-corrected chi connectivity index (χ4v) is 2.69. The van der Waals surface area contributed by atoms with Gasteiger partial charge >= 0.3 is 0 Å². The highest BCUT2D eigenvalue weighted by atomic mass is 16.5. The number of nitrogens with zero attached hydrogens (tertiary/aromatic N) is 1.